The first kappa shape index (κ1) is 22.7. The van der Waals surface area contributed by atoms with Crippen LogP contribution in [-0.4, -0.2) is 36.4 Å². The summed E-state index contributed by atoms with van der Waals surface area (Å²) in [5.41, 5.74) is 5.42. The van der Waals surface area contributed by atoms with Gasteiger partial charge in [0.15, 0.2) is 0 Å². The van der Waals surface area contributed by atoms with Crippen LogP contribution in [0.25, 0.3) is 0 Å². The van der Waals surface area contributed by atoms with Gasteiger partial charge in [-0.1, -0.05) is 32.3 Å². The van der Waals surface area contributed by atoms with Crippen LogP contribution in [0.4, 0.5) is 0 Å². The number of nitrogens with zero attached hydrogens (tertiary/aromatic N) is 1. The highest BCUT2D eigenvalue weighted by Gasteiger charge is 2.57. The Labute approximate surface area is 176 Å². The Bertz CT molecular complexity index is 595. The molecule has 0 amide bonds. The van der Waals surface area contributed by atoms with Crippen LogP contribution in [0.1, 0.15) is 85.0 Å². The highest BCUT2D eigenvalue weighted by Crippen LogP contribution is 2.61. The molecule has 3 aliphatic rings. The monoisotopic (exact) mass is 406 g/mol. The van der Waals surface area contributed by atoms with Crippen LogP contribution in [0.2, 0.25) is 0 Å². The van der Waals surface area contributed by atoms with Crippen LogP contribution in [0.5, 0.6) is 0 Å². The van der Waals surface area contributed by atoms with E-state index in [0.29, 0.717) is 36.7 Å². The normalized spacial score (nSPS) is 41.1. The molecule has 29 heavy (non-hydrogen) atoms. The summed E-state index contributed by atoms with van der Waals surface area (Å²) in [6.45, 7) is 7.74. The Morgan fingerprint density at radius 2 is 2.07 bits per heavy atom. The van der Waals surface area contributed by atoms with Gasteiger partial charge < -0.3 is 15.7 Å². The van der Waals surface area contributed by atoms with E-state index in [4.69, 9.17) is 10.6 Å². The molecule has 0 unspecified atom stereocenters. The van der Waals surface area contributed by atoms with Crippen LogP contribution in [0, 0.1) is 34.5 Å². The van der Waals surface area contributed by atoms with Crippen molar-refractivity contribution in [3.63, 3.8) is 0 Å². The zero-order valence-electron chi connectivity index (χ0n) is 18.7. The number of hydrogen-bond acceptors (Lipinski definition) is 5. The number of aliphatic hydroxyl groups is 1. The quantitative estimate of drug-likeness (QED) is 0.357. The topological polar surface area (TPSA) is 84.9 Å². The van der Waals surface area contributed by atoms with Crippen molar-refractivity contribution >= 4 is 12.0 Å². The van der Waals surface area contributed by atoms with Crippen molar-refractivity contribution in [2.75, 3.05) is 13.2 Å². The van der Waals surface area contributed by atoms with E-state index < -0.39 is 0 Å². The van der Waals surface area contributed by atoms with E-state index in [1.54, 1.807) is 0 Å². The van der Waals surface area contributed by atoms with Crippen molar-refractivity contribution in [3.05, 3.63) is 0 Å². The molecule has 3 rings (SSSR count). The minimum Gasteiger partial charge on any atom is -0.395 e. The molecule has 0 aromatic rings. The first-order valence-electron chi connectivity index (χ1n) is 11.9. The Morgan fingerprint density at radius 3 is 2.79 bits per heavy atom. The predicted molar refractivity (Wildman–Crippen MR) is 117 cm³/mol. The summed E-state index contributed by atoms with van der Waals surface area (Å²) in [7, 11) is 0. The molecule has 7 atom stereocenters. The van der Waals surface area contributed by atoms with Gasteiger partial charge >= 0.3 is 0 Å². The molecule has 5 nitrogen and oxygen atoms in total. The number of rotatable bonds is 8. The molecule has 3 fully saturated rings. The first-order chi connectivity index (χ1) is 13.9. The molecule has 0 aromatic carbocycles. The summed E-state index contributed by atoms with van der Waals surface area (Å²) < 4.78 is 0. The zero-order chi connectivity index (χ0) is 21.1. The minimum atomic E-state index is -0.256. The molecular formula is C24H42N2O3. The number of Topliss-reactive ketones (excluding diaryl/α,β-unsaturated/α-hetero) is 1. The maximum Gasteiger partial charge on any atom is 0.142 e. The highest BCUT2D eigenvalue weighted by atomic mass is 16.6. The Balaban J connectivity index is 1.73. The summed E-state index contributed by atoms with van der Waals surface area (Å²) >= 11 is 0. The fourth-order valence-electron chi connectivity index (χ4n) is 7.00. The van der Waals surface area contributed by atoms with Crippen molar-refractivity contribution in [1.29, 1.82) is 0 Å². The van der Waals surface area contributed by atoms with Gasteiger partial charge in [-0.25, -0.2) is 0 Å². The number of fused-ring (bicyclic) bond motifs is 3. The lowest BCUT2D eigenvalue weighted by molar-refractivity contribution is -0.157. The number of aliphatic hydroxyl groups excluding tert-OH is 1. The molecule has 3 aliphatic carbocycles. The average molecular weight is 407 g/mol. The van der Waals surface area contributed by atoms with E-state index in [9.17, 15) is 9.90 Å². The number of oxime groups is 1. The van der Waals surface area contributed by atoms with Gasteiger partial charge in [0.25, 0.3) is 0 Å². The van der Waals surface area contributed by atoms with E-state index in [0.717, 1.165) is 64.2 Å². The van der Waals surface area contributed by atoms with Gasteiger partial charge in [0, 0.05) is 24.1 Å². The summed E-state index contributed by atoms with van der Waals surface area (Å²) in [6.07, 6.45) is 11.8. The summed E-state index contributed by atoms with van der Waals surface area (Å²) in [5.74, 6) is 2.12. The Kier molecular flexibility index (Phi) is 7.42. The molecule has 0 saturated heterocycles. The molecule has 0 radical (unpaired) electrons. The van der Waals surface area contributed by atoms with Gasteiger partial charge in [-0.3, -0.25) is 4.79 Å². The second kappa shape index (κ2) is 9.47. The number of hydrogen-bond donors (Lipinski definition) is 2. The van der Waals surface area contributed by atoms with Crippen molar-refractivity contribution in [2.45, 2.75) is 91.1 Å². The summed E-state index contributed by atoms with van der Waals surface area (Å²) in [6, 6.07) is 0. The smallest absolute Gasteiger partial charge is 0.142 e. The van der Waals surface area contributed by atoms with Crippen LogP contribution < -0.4 is 5.73 Å². The third-order valence-corrected chi connectivity index (χ3v) is 8.83. The maximum atomic E-state index is 13.9. The van der Waals surface area contributed by atoms with Gasteiger partial charge in [-0.15, -0.1) is 0 Å². The molecule has 166 valence electrons. The van der Waals surface area contributed by atoms with Crippen LogP contribution in [-0.2, 0) is 9.63 Å². The second-order valence-electron chi connectivity index (χ2n) is 10.4. The van der Waals surface area contributed by atoms with Gasteiger partial charge in [0.05, 0.1) is 6.10 Å². The standard InChI is InChI=1S/C24H42N2O3/c1-4-5-17(10-14-26-29-15-13-25)24(3)12-9-21-20(22(24)28)7-6-18-16-19(27)8-11-23(18,21)2/h14,17-21,27H,4-13,15-16,25H2,1-3H3/b26-14+/t17-,18-,19+,20-,21+,23+,24-/m1/s1. The van der Waals surface area contributed by atoms with E-state index in [1.165, 1.54) is 0 Å². The lowest BCUT2D eigenvalue weighted by atomic mass is 9.45. The van der Waals surface area contributed by atoms with Crippen LogP contribution >= 0.6 is 0 Å². The molecule has 0 aromatic heterocycles. The third-order valence-electron chi connectivity index (χ3n) is 8.83. The largest absolute Gasteiger partial charge is 0.395 e. The SMILES string of the molecule is CCC[C@H](C/C=N/OCCN)[C@@]1(C)CC[C@H]2[C@@H](CC[C@@H]3C[C@@H](O)CC[C@@]32C)C1=O. The number of carbonyl (C=O) groups excluding carboxylic acids is 1. The predicted octanol–water partition coefficient (Wildman–Crippen LogP) is 4.32. The molecule has 0 spiro atoms. The minimum absolute atomic E-state index is 0.135. The Hall–Kier alpha value is -0.940. The van der Waals surface area contributed by atoms with Gasteiger partial charge in [0.2, 0.25) is 0 Å². The number of nitrogens with two attached hydrogens (primary N) is 1. The van der Waals surface area contributed by atoms with Crippen LogP contribution in [0.3, 0.4) is 0 Å². The third kappa shape index (κ3) is 4.41. The number of ketones is 1. The molecule has 3 N–H and O–H groups in total. The van der Waals surface area contributed by atoms with E-state index in [2.05, 4.69) is 25.9 Å². The summed E-state index contributed by atoms with van der Waals surface area (Å²) in [4.78, 5) is 19.0. The lowest BCUT2D eigenvalue weighted by Crippen LogP contribution is -2.56. The van der Waals surface area contributed by atoms with Gasteiger partial charge in [-0.2, -0.15) is 0 Å². The molecular weight excluding hydrogens is 364 g/mol. The fraction of sp³-hybridized carbons (Fsp3) is 0.917. The molecule has 0 heterocycles. The van der Waals surface area contributed by atoms with Crippen molar-refractivity contribution in [3.8, 4) is 0 Å². The Morgan fingerprint density at radius 1 is 1.28 bits per heavy atom. The molecule has 5 heteroatoms. The zero-order valence-corrected chi connectivity index (χ0v) is 18.7. The van der Waals surface area contributed by atoms with E-state index >= 15 is 0 Å². The van der Waals surface area contributed by atoms with Gasteiger partial charge in [0.1, 0.15) is 12.4 Å². The van der Waals surface area contributed by atoms with Gasteiger partial charge in [-0.05, 0) is 81.0 Å². The average Bonchev–Trinajstić information content (AvgIpc) is 2.70. The fourth-order valence-corrected chi connectivity index (χ4v) is 7.00. The van der Waals surface area contributed by atoms with Crippen LogP contribution in [0.15, 0.2) is 5.16 Å². The van der Waals surface area contributed by atoms with Crippen molar-refractivity contribution in [1.82, 2.24) is 0 Å². The first-order valence-corrected chi connectivity index (χ1v) is 11.9. The second-order valence-corrected chi connectivity index (χ2v) is 10.4. The van der Waals surface area contributed by atoms with Crippen molar-refractivity contribution < 1.29 is 14.7 Å². The number of carbonyl (C=O) groups is 1. The molecule has 3 saturated carbocycles. The van der Waals surface area contributed by atoms with Crippen molar-refractivity contribution in [2.24, 2.45) is 45.4 Å². The van der Waals surface area contributed by atoms with E-state index in [-0.39, 0.29) is 22.9 Å². The summed E-state index contributed by atoms with van der Waals surface area (Å²) in [5, 5.41) is 14.2. The maximum absolute atomic E-state index is 13.9. The molecule has 0 aliphatic heterocycles. The lowest BCUT2D eigenvalue weighted by Gasteiger charge is -2.58. The highest BCUT2D eigenvalue weighted by molar-refractivity contribution is 5.88. The molecule has 0 bridgehead atoms. The van der Waals surface area contributed by atoms with E-state index in [1.807, 2.05) is 6.21 Å².